The van der Waals surface area contributed by atoms with Gasteiger partial charge in [0.1, 0.15) is 0 Å². The smallest absolute Gasteiger partial charge is 0.360 e. The number of rotatable bonds is 6. The topological polar surface area (TPSA) is 19.4 Å². The van der Waals surface area contributed by atoms with Gasteiger partial charge in [0.25, 0.3) is 0 Å². The summed E-state index contributed by atoms with van der Waals surface area (Å²) in [6.07, 6.45) is 0. The van der Waals surface area contributed by atoms with Crippen LogP contribution in [0.15, 0.2) is 376 Å². The summed E-state index contributed by atoms with van der Waals surface area (Å²) in [6.45, 7) is -0.186. The Kier molecular flexibility index (Phi) is 12.5. The summed E-state index contributed by atoms with van der Waals surface area (Å²) in [6, 6.07) is 139. The molecule has 1 aliphatic carbocycles. The lowest BCUT2D eigenvalue weighted by Crippen LogP contribution is -2.63. The van der Waals surface area contributed by atoms with Gasteiger partial charge < -0.3 is 29.0 Å². The highest BCUT2D eigenvalue weighted by Crippen LogP contribution is 2.65. The molecule has 0 bridgehead atoms. The van der Waals surface area contributed by atoms with Gasteiger partial charge in [-0.2, -0.15) is 0 Å². The molecule has 0 amide bonds. The average Bonchev–Trinajstić information content (AvgIpc) is 1.08. The molecule has 25 rings (SSSR count). The fourth-order valence-corrected chi connectivity index (χ4v) is 19.5. The molecule has 0 atom stereocenters. The molecule has 8 heteroatoms. The van der Waals surface area contributed by atoms with Gasteiger partial charge in [0.15, 0.2) is 0 Å². The lowest BCUT2D eigenvalue weighted by Gasteiger charge is -2.54. The van der Waals surface area contributed by atoms with Crippen LogP contribution in [0.1, 0.15) is 0 Å². The van der Waals surface area contributed by atoms with Gasteiger partial charge in [0, 0.05) is 67.2 Å². The van der Waals surface area contributed by atoms with Crippen LogP contribution in [-0.2, 0) is 0 Å². The van der Waals surface area contributed by atoms with Gasteiger partial charge in [0.05, 0.1) is 45.5 Å². The number of anilines is 14. The van der Waals surface area contributed by atoms with Crippen LogP contribution < -0.4 is 40.0 Å². The third-order valence-electron chi connectivity index (χ3n) is 23.9. The summed E-state index contributed by atoms with van der Waals surface area (Å²) in [5, 5.41) is 2.70. The van der Waals surface area contributed by atoms with Crippen molar-refractivity contribution in [2.75, 3.05) is 29.0 Å². The van der Waals surface area contributed by atoms with Gasteiger partial charge in [-0.1, -0.05) is 267 Å². The first-order valence-corrected chi connectivity index (χ1v) is 37.5. The van der Waals surface area contributed by atoms with Crippen molar-refractivity contribution >= 4 is 115 Å². The molecule has 0 aromatic heterocycles. The van der Waals surface area contributed by atoms with E-state index in [2.05, 4.69) is 405 Å². The Morgan fingerprint density at radius 3 is 0.880 bits per heavy atom. The van der Waals surface area contributed by atoms with E-state index in [1.54, 1.807) is 0 Å². The molecular formula is C100H62B2N6. The summed E-state index contributed by atoms with van der Waals surface area (Å²) in [5.41, 5.74) is 44.8. The number of benzene rings is 17. The lowest BCUT2D eigenvalue weighted by molar-refractivity contribution is 1.16. The van der Waals surface area contributed by atoms with E-state index in [1.807, 2.05) is 0 Å². The molecule has 0 unspecified atom stereocenters. The standard InChI is InChI=1S/C54H35BN4.C46H27BN2/c1-5-18-36(19-6-1)38-32-44-42-26-17-27-43-45-33-39(37-20-7-2-8-21-37)35-51-54(45)59(49-31-16-14-29-47(49)57(51)41-24-11-4-12-25-41)55(52(42)43)58-48-30-15-13-28-46(48)56(50(34-38)53(44)58)40-22-9-3-10-23-40;1-3-10-28(11-4-1)30-18-22-40-38(26-30)36-16-9-17-37-39-27-31(29-12-5-2-6-13-29)19-23-41(39)49-43-25-21-35-33-15-8-7-14-32(33)34-20-24-42(45(43)44(34)35)48(40)47(49)46(36)37/h1-35H;1-27H. The van der Waals surface area contributed by atoms with Crippen molar-refractivity contribution in [3.63, 3.8) is 0 Å². The van der Waals surface area contributed by atoms with Crippen molar-refractivity contribution in [1.29, 1.82) is 0 Å². The van der Waals surface area contributed by atoms with Gasteiger partial charge in [-0.3, -0.25) is 0 Å². The van der Waals surface area contributed by atoms with Crippen LogP contribution in [0.25, 0.3) is 122 Å². The maximum atomic E-state index is 2.66. The summed E-state index contributed by atoms with van der Waals surface area (Å²) in [5.74, 6) is 0. The molecule has 17 aromatic rings. The number of fused-ring (bicyclic) bond motifs is 19. The minimum absolute atomic E-state index is 0.00752. The van der Waals surface area contributed by atoms with Crippen molar-refractivity contribution in [1.82, 2.24) is 0 Å². The number of nitrogens with zero attached hydrogens (tertiary/aromatic N) is 6. The van der Waals surface area contributed by atoms with Crippen LogP contribution >= 0.6 is 0 Å². The molecule has 498 valence electrons. The fourth-order valence-electron chi connectivity index (χ4n) is 19.5. The molecule has 108 heavy (non-hydrogen) atoms. The Morgan fingerprint density at radius 1 is 0.157 bits per heavy atom. The van der Waals surface area contributed by atoms with Gasteiger partial charge in [0.2, 0.25) is 0 Å². The lowest BCUT2D eigenvalue weighted by atomic mass is 9.52. The molecule has 0 radical (unpaired) electrons. The minimum Gasteiger partial charge on any atom is -0.360 e. The van der Waals surface area contributed by atoms with Crippen molar-refractivity contribution in [3.8, 4) is 111 Å². The van der Waals surface area contributed by atoms with E-state index in [-0.39, 0.29) is 14.0 Å². The molecule has 0 saturated carbocycles. The molecule has 8 aliphatic rings. The second-order valence-corrected chi connectivity index (χ2v) is 29.4. The molecule has 7 aliphatic heterocycles. The molecule has 0 fully saturated rings. The quantitative estimate of drug-likeness (QED) is 0.153. The fraction of sp³-hybridized carbons (Fsp3) is 0. The van der Waals surface area contributed by atoms with Crippen molar-refractivity contribution in [2.24, 2.45) is 0 Å². The maximum absolute atomic E-state index is 2.66. The number of hydrogen-bond acceptors (Lipinski definition) is 6. The van der Waals surface area contributed by atoms with Crippen LogP contribution in [0.5, 0.6) is 0 Å². The highest BCUT2D eigenvalue weighted by Gasteiger charge is 2.54. The normalized spacial score (nSPS) is 13.6. The van der Waals surface area contributed by atoms with E-state index in [0.717, 1.165) is 22.7 Å². The van der Waals surface area contributed by atoms with E-state index >= 15 is 0 Å². The molecular weight excluding hydrogens is 1310 g/mol. The first kappa shape index (κ1) is 59.3. The minimum atomic E-state index is -0.179. The van der Waals surface area contributed by atoms with E-state index in [9.17, 15) is 0 Å². The Labute approximate surface area is 627 Å². The Balaban J connectivity index is 0.000000129. The Bertz CT molecular complexity index is 6280. The van der Waals surface area contributed by atoms with E-state index in [0.29, 0.717) is 0 Å². The third-order valence-corrected chi connectivity index (χ3v) is 23.9. The molecule has 0 spiro atoms. The predicted molar refractivity (Wildman–Crippen MR) is 453 cm³/mol. The van der Waals surface area contributed by atoms with Gasteiger partial charge >= 0.3 is 14.0 Å². The molecule has 17 aromatic carbocycles. The van der Waals surface area contributed by atoms with Crippen LogP contribution in [0.4, 0.5) is 79.6 Å². The zero-order chi connectivity index (χ0) is 70.4. The van der Waals surface area contributed by atoms with Crippen LogP contribution in [0, 0.1) is 0 Å². The SMILES string of the molecule is c1ccc(-c2cc3c4c(c2)N(c2ccccc2)c2ccccc2N4B2c4c-3cccc4-c3cc(-c4ccccc4)cc4c3N2c2ccccc2N4c2ccccc2)cc1.c1ccc(-c2ccc3c(c2)-c2cccc4c2B2N3c3ccc5c6c(ccc(c36)N2c2ccc(-c3ccccc3)cc2-4)-c2ccccc2-5)cc1. The number of para-hydroxylation sites is 6. The molecule has 6 nitrogen and oxygen atoms in total. The zero-order valence-corrected chi connectivity index (χ0v) is 58.6. The van der Waals surface area contributed by atoms with E-state index in [4.69, 9.17) is 0 Å². The molecule has 0 saturated heterocycles. The molecule has 0 N–H and O–H groups in total. The maximum Gasteiger partial charge on any atom is 0.422 e. The zero-order valence-electron chi connectivity index (χ0n) is 58.6. The second-order valence-electron chi connectivity index (χ2n) is 29.4. The Morgan fingerprint density at radius 2 is 0.472 bits per heavy atom. The number of hydrogen-bond donors (Lipinski definition) is 0. The third kappa shape index (κ3) is 8.28. The first-order valence-electron chi connectivity index (χ1n) is 37.5. The predicted octanol–water partition coefficient (Wildman–Crippen LogP) is 25.4. The van der Waals surface area contributed by atoms with Crippen molar-refractivity contribution in [2.45, 2.75) is 0 Å². The van der Waals surface area contributed by atoms with Gasteiger partial charge in [-0.05, 0) is 209 Å². The average molecular weight is 1370 g/mol. The summed E-state index contributed by atoms with van der Waals surface area (Å²) in [7, 11) is 0. The Hall–Kier alpha value is -14.1. The highest BCUT2D eigenvalue weighted by atomic mass is 15.3. The first-order chi connectivity index (χ1) is 53.6. The summed E-state index contributed by atoms with van der Waals surface area (Å²) in [4.78, 5) is 15.6. The largest absolute Gasteiger partial charge is 0.422 e. The van der Waals surface area contributed by atoms with E-state index in [1.165, 1.54) is 190 Å². The van der Waals surface area contributed by atoms with Crippen molar-refractivity contribution in [3.05, 3.63) is 376 Å². The van der Waals surface area contributed by atoms with Crippen LogP contribution in [0.3, 0.4) is 0 Å². The van der Waals surface area contributed by atoms with Gasteiger partial charge in [-0.15, -0.1) is 0 Å². The monoisotopic (exact) mass is 1370 g/mol. The van der Waals surface area contributed by atoms with Gasteiger partial charge in [-0.25, -0.2) is 0 Å². The van der Waals surface area contributed by atoms with E-state index < -0.39 is 0 Å². The summed E-state index contributed by atoms with van der Waals surface area (Å²) < 4.78 is 0. The van der Waals surface area contributed by atoms with Crippen LogP contribution in [0.2, 0.25) is 0 Å². The highest BCUT2D eigenvalue weighted by molar-refractivity contribution is 6.88. The van der Waals surface area contributed by atoms with Crippen LogP contribution in [-0.4, -0.2) is 14.0 Å². The summed E-state index contributed by atoms with van der Waals surface area (Å²) >= 11 is 0. The molecule has 7 heterocycles. The second kappa shape index (κ2) is 22.7. The van der Waals surface area contributed by atoms with Crippen molar-refractivity contribution < 1.29 is 0 Å².